The molecule has 1 fully saturated rings. The van der Waals surface area contributed by atoms with Crippen LogP contribution in [0.5, 0.6) is 17.2 Å². The quantitative estimate of drug-likeness (QED) is 0.0763. The van der Waals surface area contributed by atoms with Gasteiger partial charge in [-0.25, -0.2) is 0 Å². The summed E-state index contributed by atoms with van der Waals surface area (Å²) in [5.41, 5.74) is 4.64. The maximum Gasteiger partial charge on any atom is 0.142 e. The molecule has 4 aromatic rings. The van der Waals surface area contributed by atoms with E-state index < -0.39 is 0 Å². The number of aromatic nitrogens is 1. The molecule has 0 aliphatic carbocycles. The van der Waals surface area contributed by atoms with Crippen molar-refractivity contribution in [3.05, 3.63) is 104 Å². The number of halogens is 4. The van der Waals surface area contributed by atoms with E-state index >= 15 is 0 Å². The van der Waals surface area contributed by atoms with Crippen molar-refractivity contribution < 1.29 is 14.2 Å². The zero-order chi connectivity index (χ0) is 32.5. The first-order chi connectivity index (χ1) is 22.4. The summed E-state index contributed by atoms with van der Waals surface area (Å²) < 4.78 is 19.5. The standard InChI is InChI=1S/C36H35Cl3IN3O3/c1-24-7-2-3-13-43(24)21-28-16-31(37)34(17-33(28)45-22-26-15-25(18-41)19-42-20-26)46-23-27-8-4-9-29(35(27)38)30-10-5-11-32(36(30)39)44-14-6-12-40/h4-5,8-11,15-17,19-20,24H,2-3,6-7,12-14,21-23H2,1H3/t24-/m1/s1. The number of hydrogen-bond acceptors (Lipinski definition) is 6. The van der Waals surface area contributed by atoms with Crippen molar-refractivity contribution in [3.63, 3.8) is 0 Å². The second-order valence-corrected chi connectivity index (χ2v) is 13.5. The maximum absolute atomic E-state index is 9.30. The molecule has 0 amide bonds. The molecule has 2 heterocycles. The number of likely N-dealkylation sites (tertiary alicyclic amines) is 1. The molecule has 6 nitrogen and oxygen atoms in total. The first-order valence-electron chi connectivity index (χ1n) is 15.3. The van der Waals surface area contributed by atoms with Crippen LogP contribution >= 0.6 is 57.4 Å². The summed E-state index contributed by atoms with van der Waals surface area (Å²) in [6.07, 6.45) is 7.75. The summed E-state index contributed by atoms with van der Waals surface area (Å²) >= 11 is 22.9. The number of benzene rings is 3. The van der Waals surface area contributed by atoms with Crippen molar-refractivity contribution >= 4 is 57.4 Å². The summed E-state index contributed by atoms with van der Waals surface area (Å²) in [6, 6.07) is 19.7. The normalized spacial score (nSPS) is 14.9. The Balaban J connectivity index is 1.38. The molecule has 1 saturated heterocycles. The van der Waals surface area contributed by atoms with Crippen LogP contribution in [0.25, 0.3) is 11.1 Å². The number of nitriles is 1. The third-order valence-electron chi connectivity index (χ3n) is 8.00. The van der Waals surface area contributed by atoms with Crippen LogP contribution in [0, 0.1) is 11.3 Å². The molecule has 1 aliphatic rings. The lowest BCUT2D eigenvalue weighted by molar-refractivity contribution is 0.150. The summed E-state index contributed by atoms with van der Waals surface area (Å²) in [5, 5.41) is 10.9. The van der Waals surface area contributed by atoms with E-state index in [2.05, 4.69) is 45.5 Å². The fourth-order valence-electron chi connectivity index (χ4n) is 5.47. The van der Waals surface area contributed by atoms with Gasteiger partial charge < -0.3 is 14.2 Å². The van der Waals surface area contributed by atoms with Gasteiger partial charge in [-0.05, 0) is 50.9 Å². The van der Waals surface area contributed by atoms with Crippen LogP contribution in [0.4, 0.5) is 0 Å². The lowest BCUT2D eigenvalue weighted by Crippen LogP contribution is -2.36. The SMILES string of the molecule is C[C@@H]1CCCCN1Cc1cc(Cl)c(OCc2cccc(-c3cccc(OCCCI)c3Cl)c2Cl)cc1OCc1cncc(C#N)c1. The molecule has 5 rings (SSSR count). The van der Waals surface area contributed by atoms with Crippen LogP contribution in [0.3, 0.4) is 0 Å². The molecular weight excluding hydrogens is 756 g/mol. The molecule has 0 unspecified atom stereocenters. The van der Waals surface area contributed by atoms with Gasteiger partial charge >= 0.3 is 0 Å². The molecule has 0 radical (unpaired) electrons. The fraction of sp³-hybridized carbons (Fsp3) is 0.333. The van der Waals surface area contributed by atoms with Crippen LogP contribution in [0.1, 0.15) is 54.9 Å². The lowest BCUT2D eigenvalue weighted by Gasteiger charge is -2.33. The number of alkyl halides is 1. The number of rotatable bonds is 13. The monoisotopic (exact) mass is 789 g/mol. The highest BCUT2D eigenvalue weighted by atomic mass is 127. The van der Waals surface area contributed by atoms with Crippen molar-refractivity contribution in [1.82, 2.24) is 9.88 Å². The molecule has 0 spiro atoms. The van der Waals surface area contributed by atoms with Gasteiger partial charge in [0.2, 0.25) is 0 Å². The molecule has 1 atom stereocenters. The Morgan fingerprint density at radius 2 is 1.67 bits per heavy atom. The largest absolute Gasteiger partial charge is 0.492 e. The van der Waals surface area contributed by atoms with Crippen molar-refractivity contribution in [2.45, 2.75) is 58.4 Å². The molecule has 1 aliphatic heterocycles. The zero-order valence-electron chi connectivity index (χ0n) is 25.6. The van der Waals surface area contributed by atoms with Crippen LogP contribution in [-0.2, 0) is 19.8 Å². The topological polar surface area (TPSA) is 67.6 Å². The predicted octanol–water partition coefficient (Wildman–Crippen LogP) is 10.3. The number of ether oxygens (including phenoxy) is 3. The first kappa shape index (κ1) is 34.6. The van der Waals surface area contributed by atoms with E-state index in [1.54, 1.807) is 12.3 Å². The predicted molar refractivity (Wildman–Crippen MR) is 194 cm³/mol. The van der Waals surface area contributed by atoms with Crippen molar-refractivity contribution in [2.24, 2.45) is 0 Å². The highest BCUT2D eigenvalue weighted by Crippen LogP contribution is 2.41. The minimum Gasteiger partial charge on any atom is -0.492 e. The fourth-order valence-corrected chi connectivity index (χ4v) is 6.58. The van der Waals surface area contributed by atoms with Gasteiger partial charge in [-0.3, -0.25) is 9.88 Å². The van der Waals surface area contributed by atoms with Crippen molar-refractivity contribution in [3.8, 4) is 34.4 Å². The van der Waals surface area contributed by atoms with Gasteiger partial charge in [0.15, 0.2) is 0 Å². The number of nitrogens with zero attached hydrogens (tertiary/aromatic N) is 3. The molecular formula is C36H35Cl3IN3O3. The number of piperidine rings is 1. The smallest absolute Gasteiger partial charge is 0.142 e. The van der Waals surface area contributed by atoms with Gasteiger partial charge in [0, 0.05) is 63.3 Å². The van der Waals surface area contributed by atoms with E-state index in [1.807, 2.05) is 48.5 Å². The van der Waals surface area contributed by atoms with Crippen LogP contribution in [0.15, 0.2) is 67.0 Å². The van der Waals surface area contributed by atoms with E-state index in [9.17, 15) is 5.26 Å². The van der Waals surface area contributed by atoms with E-state index in [-0.39, 0.29) is 13.2 Å². The minimum atomic E-state index is 0.186. The average Bonchev–Trinajstić information content (AvgIpc) is 3.06. The van der Waals surface area contributed by atoms with E-state index in [0.717, 1.165) is 45.2 Å². The number of pyridine rings is 1. The van der Waals surface area contributed by atoms with Gasteiger partial charge in [-0.15, -0.1) is 0 Å². The van der Waals surface area contributed by atoms with Crippen LogP contribution < -0.4 is 14.2 Å². The molecule has 0 saturated carbocycles. The molecule has 10 heteroatoms. The van der Waals surface area contributed by atoms with Crippen molar-refractivity contribution in [1.29, 1.82) is 5.26 Å². The van der Waals surface area contributed by atoms with Crippen LogP contribution in [0.2, 0.25) is 15.1 Å². The Kier molecular flexibility index (Phi) is 12.7. The molecule has 0 N–H and O–H groups in total. The summed E-state index contributed by atoms with van der Waals surface area (Å²) in [7, 11) is 0. The molecule has 3 aromatic carbocycles. The van der Waals surface area contributed by atoms with E-state index in [4.69, 9.17) is 49.0 Å². The Morgan fingerprint density at radius 1 is 0.891 bits per heavy atom. The minimum absolute atomic E-state index is 0.186. The summed E-state index contributed by atoms with van der Waals surface area (Å²) in [5.74, 6) is 1.79. The third kappa shape index (κ3) is 8.78. The second kappa shape index (κ2) is 16.9. The van der Waals surface area contributed by atoms with E-state index in [1.165, 1.54) is 25.5 Å². The van der Waals surface area contributed by atoms with Gasteiger partial charge in [0.1, 0.15) is 36.5 Å². The van der Waals surface area contributed by atoms with Gasteiger partial charge in [0.25, 0.3) is 0 Å². The van der Waals surface area contributed by atoms with E-state index in [0.29, 0.717) is 57.1 Å². The first-order valence-corrected chi connectivity index (χ1v) is 17.9. The third-order valence-corrected chi connectivity index (χ3v) is 9.89. The van der Waals surface area contributed by atoms with Gasteiger partial charge in [-0.2, -0.15) is 5.26 Å². The lowest BCUT2D eigenvalue weighted by atomic mass is 10.0. The molecule has 1 aromatic heterocycles. The zero-order valence-corrected chi connectivity index (χ0v) is 30.0. The molecule has 0 bridgehead atoms. The highest BCUT2D eigenvalue weighted by Gasteiger charge is 2.22. The second-order valence-electron chi connectivity index (χ2n) is 11.3. The van der Waals surface area contributed by atoms with Crippen LogP contribution in [-0.4, -0.2) is 33.5 Å². The van der Waals surface area contributed by atoms with Gasteiger partial charge in [-0.1, -0.05) is 94.1 Å². The Hall–Kier alpha value is -2.74. The number of hydrogen-bond donors (Lipinski definition) is 0. The highest BCUT2D eigenvalue weighted by molar-refractivity contribution is 14.1. The van der Waals surface area contributed by atoms with Gasteiger partial charge in [0.05, 0.1) is 27.2 Å². The average molecular weight is 791 g/mol. The summed E-state index contributed by atoms with van der Waals surface area (Å²) in [6.45, 7) is 5.03. The summed E-state index contributed by atoms with van der Waals surface area (Å²) in [4.78, 5) is 6.63. The Bertz CT molecular complexity index is 1700. The maximum atomic E-state index is 9.30. The Morgan fingerprint density at radius 3 is 2.46 bits per heavy atom. The van der Waals surface area contributed by atoms with Crippen molar-refractivity contribution in [2.75, 3.05) is 17.6 Å². The molecule has 240 valence electrons. The Labute approximate surface area is 299 Å². The molecule has 46 heavy (non-hydrogen) atoms.